The molecule has 0 radical (unpaired) electrons. The van der Waals surface area contributed by atoms with E-state index in [1.807, 2.05) is 13.0 Å². The maximum absolute atomic E-state index is 13.8. The molecule has 4 nitrogen and oxygen atoms in total. The molecule has 1 amide bonds. The van der Waals surface area contributed by atoms with Crippen molar-refractivity contribution in [3.8, 4) is 5.75 Å². The van der Waals surface area contributed by atoms with Crippen molar-refractivity contribution < 1.29 is 22.7 Å². The van der Waals surface area contributed by atoms with Gasteiger partial charge in [0, 0.05) is 6.54 Å². The lowest BCUT2D eigenvalue weighted by atomic mass is 9.93. The first-order chi connectivity index (χ1) is 12.1. The van der Waals surface area contributed by atoms with Crippen LogP contribution in [0.2, 0.25) is 0 Å². The lowest BCUT2D eigenvalue weighted by molar-refractivity contribution is -0.191. The molecule has 2 aromatic rings. The molecule has 1 fully saturated rings. The van der Waals surface area contributed by atoms with Gasteiger partial charge in [-0.2, -0.15) is 13.2 Å². The van der Waals surface area contributed by atoms with E-state index in [1.54, 1.807) is 32.0 Å². The summed E-state index contributed by atoms with van der Waals surface area (Å²) in [6.45, 7) is 5.56. The number of rotatable bonds is 4. The van der Waals surface area contributed by atoms with Gasteiger partial charge >= 0.3 is 6.18 Å². The number of ether oxygens (including phenoxy) is 1. The van der Waals surface area contributed by atoms with Crippen LogP contribution in [0, 0.1) is 5.41 Å². The number of carbonyl (C=O) groups excluding carboxylic acids is 1. The van der Waals surface area contributed by atoms with E-state index in [9.17, 15) is 18.0 Å². The quantitative estimate of drug-likeness (QED) is 0.881. The van der Waals surface area contributed by atoms with Crippen LogP contribution in [0.4, 0.5) is 13.2 Å². The average molecular weight is 366 g/mol. The first-order valence-corrected chi connectivity index (χ1v) is 8.43. The number of nitrogens with zero attached hydrogens (tertiary/aromatic N) is 1. The van der Waals surface area contributed by atoms with E-state index in [-0.39, 0.29) is 12.1 Å². The minimum atomic E-state index is -4.53. The lowest BCUT2D eigenvalue weighted by Crippen LogP contribution is -2.43. The highest BCUT2D eigenvalue weighted by Gasteiger charge is 2.51. The van der Waals surface area contributed by atoms with E-state index in [0.29, 0.717) is 17.7 Å². The van der Waals surface area contributed by atoms with Gasteiger partial charge in [-0.3, -0.25) is 10.2 Å². The van der Waals surface area contributed by atoms with Gasteiger partial charge in [-0.15, -0.1) is 0 Å². The third kappa shape index (κ3) is 3.49. The molecule has 0 saturated carbocycles. The SMILES string of the molecule is CCOc1ccc2ccc(C(N3CC(C)(C)C(=O)N3)C(F)(F)F)cc2c1. The molecule has 1 heterocycles. The van der Waals surface area contributed by atoms with Gasteiger partial charge in [-0.1, -0.05) is 18.2 Å². The topological polar surface area (TPSA) is 41.6 Å². The van der Waals surface area contributed by atoms with Crippen LogP contribution in [-0.2, 0) is 4.79 Å². The van der Waals surface area contributed by atoms with Crippen LogP contribution in [0.15, 0.2) is 36.4 Å². The summed E-state index contributed by atoms with van der Waals surface area (Å²) in [5.74, 6) is 0.197. The summed E-state index contributed by atoms with van der Waals surface area (Å²) < 4.78 is 46.9. The number of halogens is 3. The number of benzene rings is 2. The van der Waals surface area contributed by atoms with Crippen LogP contribution >= 0.6 is 0 Å². The maximum atomic E-state index is 13.8. The summed E-state index contributed by atoms with van der Waals surface area (Å²) in [5.41, 5.74) is 1.59. The van der Waals surface area contributed by atoms with E-state index in [2.05, 4.69) is 5.43 Å². The Morgan fingerprint density at radius 2 is 1.88 bits per heavy atom. The van der Waals surface area contributed by atoms with Gasteiger partial charge in [0.15, 0.2) is 0 Å². The van der Waals surface area contributed by atoms with E-state index < -0.39 is 23.5 Å². The van der Waals surface area contributed by atoms with Crippen molar-refractivity contribution in [2.45, 2.75) is 33.0 Å². The van der Waals surface area contributed by atoms with Crippen LogP contribution in [0.1, 0.15) is 32.4 Å². The number of nitrogens with one attached hydrogen (secondary N) is 1. The van der Waals surface area contributed by atoms with Crippen molar-refractivity contribution in [1.82, 2.24) is 10.4 Å². The molecule has 1 unspecified atom stereocenters. The zero-order valence-corrected chi connectivity index (χ0v) is 14.9. The predicted molar refractivity (Wildman–Crippen MR) is 92.5 cm³/mol. The molecule has 26 heavy (non-hydrogen) atoms. The third-order valence-electron chi connectivity index (χ3n) is 4.51. The monoisotopic (exact) mass is 366 g/mol. The Kier molecular flexibility index (Phi) is 4.60. The van der Waals surface area contributed by atoms with Gasteiger partial charge < -0.3 is 4.74 Å². The normalized spacial score (nSPS) is 18.8. The van der Waals surface area contributed by atoms with E-state index >= 15 is 0 Å². The zero-order valence-electron chi connectivity index (χ0n) is 14.9. The van der Waals surface area contributed by atoms with E-state index in [1.165, 1.54) is 12.1 Å². The molecule has 1 saturated heterocycles. The Morgan fingerprint density at radius 1 is 1.19 bits per heavy atom. The molecule has 1 atom stereocenters. The van der Waals surface area contributed by atoms with Crippen LogP contribution in [0.5, 0.6) is 5.75 Å². The minimum absolute atomic E-state index is 0.0208. The molecule has 7 heteroatoms. The summed E-state index contributed by atoms with van der Waals surface area (Å²) in [7, 11) is 0. The second-order valence-corrected chi connectivity index (χ2v) is 7.10. The number of hydrogen-bond acceptors (Lipinski definition) is 3. The van der Waals surface area contributed by atoms with E-state index in [4.69, 9.17) is 4.74 Å². The highest BCUT2D eigenvalue weighted by Crippen LogP contribution is 2.41. The Balaban J connectivity index is 2.03. The van der Waals surface area contributed by atoms with Gasteiger partial charge in [-0.05, 0) is 55.3 Å². The van der Waals surface area contributed by atoms with Gasteiger partial charge in [0.25, 0.3) is 0 Å². The molecule has 140 valence electrons. The Morgan fingerprint density at radius 3 is 2.46 bits per heavy atom. The van der Waals surface area contributed by atoms with Gasteiger partial charge in [0.05, 0.1) is 12.0 Å². The second-order valence-electron chi connectivity index (χ2n) is 7.10. The second kappa shape index (κ2) is 6.46. The van der Waals surface area contributed by atoms with Crippen molar-refractivity contribution >= 4 is 16.7 Å². The highest BCUT2D eigenvalue weighted by molar-refractivity contribution is 5.85. The van der Waals surface area contributed by atoms with Gasteiger partial charge in [0.2, 0.25) is 5.91 Å². The first-order valence-electron chi connectivity index (χ1n) is 8.43. The fourth-order valence-corrected chi connectivity index (χ4v) is 3.19. The molecular formula is C19H21F3N2O2. The summed E-state index contributed by atoms with van der Waals surface area (Å²) in [5, 5.41) is 2.46. The Bertz CT molecular complexity index is 833. The smallest absolute Gasteiger partial charge is 0.409 e. The molecule has 1 aliphatic heterocycles. The Labute approximate surface area is 149 Å². The summed E-state index contributed by atoms with van der Waals surface area (Å²) >= 11 is 0. The van der Waals surface area contributed by atoms with Crippen LogP contribution < -0.4 is 10.2 Å². The number of amides is 1. The van der Waals surface area contributed by atoms with Crippen molar-refractivity contribution in [1.29, 1.82) is 0 Å². The number of carbonyl (C=O) groups is 1. The standard InChI is InChI=1S/C19H21F3N2O2/c1-4-26-15-8-7-12-5-6-13(9-14(12)10-15)16(19(20,21)22)24-11-18(2,3)17(25)23-24/h5-10,16H,4,11H2,1-3H3,(H,23,25). The third-order valence-corrected chi connectivity index (χ3v) is 4.51. The molecule has 3 rings (SSSR count). The lowest BCUT2D eigenvalue weighted by Gasteiger charge is -2.30. The van der Waals surface area contributed by atoms with Crippen LogP contribution in [-0.4, -0.2) is 30.2 Å². The zero-order chi connectivity index (χ0) is 19.1. The number of hydrogen-bond donors (Lipinski definition) is 1. The summed E-state index contributed by atoms with van der Waals surface area (Å²) in [6.07, 6.45) is -4.53. The maximum Gasteiger partial charge on any atom is 0.409 e. The van der Waals surface area contributed by atoms with Crippen molar-refractivity contribution in [2.75, 3.05) is 13.2 Å². The first kappa shape index (κ1) is 18.5. The van der Waals surface area contributed by atoms with Gasteiger partial charge in [-0.25, -0.2) is 5.01 Å². The fourth-order valence-electron chi connectivity index (χ4n) is 3.19. The minimum Gasteiger partial charge on any atom is -0.494 e. The highest BCUT2D eigenvalue weighted by atomic mass is 19.4. The number of fused-ring (bicyclic) bond motifs is 1. The largest absolute Gasteiger partial charge is 0.494 e. The van der Waals surface area contributed by atoms with Gasteiger partial charge in [0.1, 0.15) is 11.8 Å². The molecule has 1 N–H and O–H groups in total. The average Bonchev–Trinajstić information content (AvgIpc) is 2.79. The number of alkyl halides is 3. The summed E-state index contributed by atoms with van der Waals surface area (Å²) in [4.78, 5) is 12.0. The summed E-state index contributed by atoms with van der Waals surface area (Å²) in [6, 6.07) is 8.04. The van der Waals surface area contributed by atoms with Crippen LogP contribution in [0.25, 0.3) is 10.8 Å². The molecule has 0 aromatic heterocycles. The van der Waals surface area contributed by atoms with Crippen molar-refractivity contribution in [3.63, 3.8) is 0 Å². The van der Waals surface area contributed by atoms with E-state index in [0.717, 1.165) is 10.4 Å². The predicted octanol–water partition coefficient (Wildman–Crippen LogP) is 4.21. The Hall–Kier alpha value is -2.28. The van der Waals surface area contributed by atoms with Crippen molar-refractivity contribution in [3.05, 3.63) is 42.0 Å². The molecule has 0 aliphatic carbocycles. The molecule has 0 bridgehead atoms. The van der Waals surface area contributed by atoms with Crippen LogP contribution in [0.3, 0.4) is 0 Å². The molecular weight excluding hydrogens is 345 g/mol. The molecule has 1 aliphatic rings. The number of hydrazine groups is 1. The molecule has 0 spiro atoms. The van der Waals surface area contributed by atoms with Crippen molar-refractivity contribution in [2.24, 2.45) is 5.41 Å². The fraction of sp³-hybridized carbons (Fsp3) is 0.421. The molecule has 2 aromatic carbocycles.